The highest BCUT2D eigenvalue weighted by Gasteiger charge is 2.24. The average Bonchev–Trinajstić information content (AvgIpc) is 2.69. The van der Waals surface area contributed by atoms with E-state index in [9.17, 15) is 14.7 Å². The van der Waals surface area contributed by atoms with Crippen molar-refractivity contribution in [3.8, 4) is 18.4 Å². The van der Waals surface area contributed by atoms with E-state index in [0.717, 1.165) is 0 Å². The second-order valence-electron chi connectivity index (χ2n) is 5.93. The maximum absolute atomic E-state index is 12.5. The van der Waals surface area contributed by atoms with Crippen molar-refractivity contribution in [1.29, 1.82) is 5.26 Å². The fraction of sp³-hybridized carbons (Fsp3) is 0.450. The van der Waals surface area contributed by atoms with Gasteiger partial charge in [-0.3, -0.25) is 9.59 Å². The van der Waals surface area contributed by atoms with Crippen molar-refractivity contribution in [3.63, 3.8) is 0 Å². The smallest absolute Gasteiger partial charge is 0.307 e. The molecular weight excluding hydrogens is 364 g/mol. The van der Waals surface area contributed by atoms with Gasteiger partial charge in [0.2, 0.25) is 0 Å². The summed E-state index contributed by atoms with van der Waals surface area (Å²) in [6.45, 7) is 0.821. The zero-order chi connectivity index (χ0) is 20.8. The molecule has 0 heterocycles. The normalized spacial score (nSPS) is 12.4. The predicted molar refractivity (Wildman–Crippen MR) is 100 cm³/mol. The molecule has 28 heavy (non-hydrogen) atoms. The van der Waals surface area contributed by atoms with E-state index in [1.54, 1.807) is 7.11 Å². The summed E-state index contributed by atoms with van der Waals surface area (Å²) in [5.74, 6) is 0.0931. The number of terminal acetylenes is 1. The number of amides is 1. The number of carbonyl (C=O) groups is 2. The highest BCUT2D eigenvalue weighted by Crippen LogP contribution is 2.13. The third-order valence-electron chi connectivity index (χ3n) is 3.81. The first-order valence-electron chi connectivity index (χ1n) is 8.63. The molecule has 0 saturated heterocycles. The summed E-state index contributed by atoms with van der Waals surface area (Å²) in [6, 6.07) is 7.50. The summed E-state index contributed by atoms with van der Waals surface area (Å²) >= 11 is 0. The van der Waals surface area contributed by atoms with E-state index in [1.807, 2.05) is 6.07 Å². The van der Waals surface area contributed by atoms with Crippen LogP contribution in [0.4, 0.5) is 0 Å². The third-order valence-corrected chi connectivity index (χ3v) is 3.81. The third kappa shape index (κ3) is 8.65. The number of carboxylic acid groups (broad SMARTS) is 1. The van der Waals surface area contributed by atoms with Gasteiger partial charge in [-0.15, -0.1) is 12.3 Å². The van der Waals surface area contributed by atoms with Gasteiger partial charge in [0, 0.05) is 19.1 Å². The van der Waals surface area contributed by atoms with Gasteiger partial charge in [-0.25, -0.2) is 0 Å². The number of carbonyl (C=O) groups excluding carboxylic acids is 1. The van der Waals surface area contributed by atoms with Crippen LogP contribution in [0.15, 0.2) is 24.3 Å². The summed E-state index contributed by atoms with van der Waals surface area (Å²) < 4.78 is 15.4. The molecule has 2 N–H and O–H groups in total. The van der Waals surface area contributed by atoms with Crippen molar-refractivity contribution >= 4 is 11.9 Å². The van der Waals surface area contributed by atoms with Crippen LogP contribution in [0, 0.1) is 29.6 Å². The second kappa shape index (κ2) is 13.3. The molecule has 0 bridgehead atoms. The van der Waals surface area contributed by atoms with Crippen molar-refractivity contribution < 1.29 is 28.9 Å². The van der Waals surface area contributed by atoms with Gasteiger partial charge in [-0.2, -0.15) is 5.26 Å². The lowest BCUT2D eigenvalue weighted by Crippen LogP contribution is -2.41. The van der Waals surface area contributed by atoms with Crippen LogP contribution in [0.25, 0.3) is 0 Å². The van der Waals surface area contributed by atoms with E-state index in [2.05, 4.69) is 11.2 Å². The zero-order valence-electron chi connectivity index (χ0n) is 15.7. The number of nitriles is 1. The van der Waals surface area contributed by atoms with E-state index in [0.29, 0.717) is 24.3 Å². The van der Waals surface area contributed by atoms with Crippen LogP contribution < -0.4 is 5.32 Å². The number of ether oxygens (including phenoxy) is 3. The predicted octanol–water partition coefficient (Wildman–Crippen LogP) is 1.41. The van der Waals surface area contributed by atoms with Gasteiger partial charge in [0.1, 0.15) is 6.79 Å². The molecule has 1 aromatic rings. The van der Waals surface area contributed by atoms with Gasteiger partial charge in [-0.1, -0.05) is 0 Å². The van der Waals surface area contributed by atoms with E-state index < -0.39 is 23.8 Å². The number of nitrogens with one attached hydrogen (secondary N) is 1. The van der Waals surface area contributed by atoms with E-state index in [4.69, 9.17) is 25.9 Å². The van der Waals surface area contributed by atoms with Gasteiger partial charge in [0.25, 0.3) is 5.91 Å². The Morgan fingerprint density at radius 1 is 1.25 bits per heavy atom. The molecule has 0 aliphatic rings. The number of carboxylic acids is 1. The Morgan fingerprint density at radius 2 is 1.96 bits per heavy atom. The van der Waals surface area contributed by atoms with Crippen molar-refractivity contribution in [2.75, 3.05) is 33.7 Å². The van der Waals surface area contributed by atoms with Gasteiger partial charge in [-0.05, 0) is 30.7 Å². The van der Waals surface area contributed by atoms with Gasteiger partial charge in [0.15, 0.2) is 0 Å². The van der Waals surface area contributed by atoms with Crippen LogP contribution in [0.1, 0.15) is 28.8 Å². The molecule has 1 amide bonds. The van der Waals surface area contributed by atoms with Crippen molar-refractivity contribution in [3.05, 3.63) is 35.4 Å². The number of aliphatic carboxylic acids is 1. The molecule has 0 radical (unpaired) electrons. The molecule has 0 aromatic heterocycles. The first-order chi connectivity index (χ1) is 13.5. The molecule has 0 aliphatic carbocycles. The molecule has 8 nitrogen and oxygen atoms in total. The van der Waals surface area contributed by atoms with Crippen molar-refractivity contribution in [1.82, 2.24) is 5.32 Å². The van der Waals surface area contributed by atoms with Gasteiger partial charge < -0.3 is 24.6 Å². The lowest BCUT2D eigenvalue weighted by atomic mass is 9.97. The number of methoxy groups -OCH3 is 1. The summed E-state index contributed by atoms with van der Waals surface area (Å²) in [7, 11) is 1.55. The van der Waals surface area contributed by atoms with Crippen LogP contribution >= 0.6 is 0 Å². The van der Waals surface area contributed by atoms with Crippen LogP contribution in [0.5, 0.6) is 0 Å². The molecule has 0 fully saturated rings. The minimum atomic E-state index is -1.04. The van der Waals surface area contributed by atoms with E-state index >= 15 is 0 Å². The van der Waals surface area contributed by atoms with Crippen molar-refractivity contribution in [2.24, 2.45) is 5.92 Å². The van der Waals surface area contributed by atoms with Crippen LogP contribution in [-0.4, -0.2) is 56.7 Å². The molecule has 2 atom stereocenters. The Bertz CT molecular complexity index is 705. The Labute approximate surface area is 164 Å². The van der Waals surface area contributed by atoms with E-state index in [1.165, 1.54) is 24.3 Å². The average molecular weight is 388 g/mol. The zero-order valence-corrected chi connectivity index (χ0v) is 15.7. The fourth-order valence-electron chi connectivity index (χ4n) is 2.34. The summed E-state index contributed by atoms with van der Waals surface area (Å²) in [5, 5.41) is 20.9. The minimum absolute atomic E-state index is 0.0144. The molecule has 0 saturated carbocycles. The Kier molecular flexibility index (Phi) is 11.0. The minimum Gasteiger partial charge on any atom is -0.481 e. The van der Waals surface area contributed by atoms with E-state index in [-0.39, 0.29) is 26.2 Å². The Balaban J connectivity index is 2.71. The molecule has 1 rings (SSSR count). The largest absolute Gasteiger partial charge is 0.481 e. The lowest BCUT2D eigenvalue weighted by Gasteiger charge is -2.22. The SMILES string of the molecule is C#CCC(CC(COCOCCOC)NC(=O)c1ccc(C#N)cc1)C(=O)O. The molecule has 0 aliphatic heterocycles. The van der Waals surface area contributed by atoms with Crippen LogP contribution in [0.2, 0.25) is 0 Å². The van der Waals surface area contributed by atoms with Crippen molar-refractivity contribution in [2.45, 2.75) is 18.9 Å². The molecule has 0 spiro atoms. The standard InChI is InChI=1S/C20H24N2O6/c1-3-4-17(20(24)25)11-18(13-28-14-27-10-9-26-2)22-19(23)16-7-5-15(12-21)6-8-16/h1,5-8,17-18H,4,9-11,13-14H2,2H3,(H,22,23)(H,24,25). The highest BCUT2D eigenvalue weighted by molar-refractivity contribution is 5.94. The number of rotatable bonds is 13. The monoisotopic (exact) mass is 388 g/mol. The first-order valence-corrected chi connectivity index (χ1v) is 8.63. The van der Waals surface area contributed by atoms with Crippen LogP contribution in [0.3, 0.4) is 0 Å². The highest BCUT2D eigenvalue weighted by atomic mass is 16.7. The number of hydrogen-bond donors (Lipinski definition) is 2. The molecular formula is C20H24N2O6. The van der Waals surface area contributed by atoms with Gasteiger partial charge in [0.05, 0.1) is 43.4 Å². The maximum Gasteiger partial charge on any atom is 0.307 e. The second-order valence-corrected chi connectivity index (χ2v) is 5.93. The molecule has 1 aromatic carbocycles. The lowest BCUT2D eigenvalue weighted by molar-refractivity contribution is -0.142. The molecule has 2 unspecified atom stereocenters. The molecule has 150 valence electrons. The Hall–Kier alpha value is -2.91. The van der Waals surface area contributed by atoms with Gasteiger partial charge >= 0.3 is 5.97 Å². The number of benzene rings is 1. The fourth-order valence-corrected chi connectivity index (χ4v) is 2.34. The summed E-state index contributed by atoms with van der Waals surface area (Å²) in [6.07, 6.45) is 5.40. The topological polar surface area (TPSA) is 118 Å². The quantitative estimate of drug-likeness (QED) is 0.298. The van der Waals surface area contributed by atoms with Crippen LogP contribution in [-0.2, 0) is 19.0 Å². The molecule has 8 heteroatoms. The maximum atomic E-state index is 12.5. The number of nitrogens with zero attached hydrogens (tertiary/aromatic N) is 1. The summed E-state index contributed by atoms with van der Waals surface area (Å²) in [4.78, 5) is 23.8. The summed E-state index contributed by atoms with van der Waals surface area (Å²) in [5.41, 5.74) is 0.786. The Morgan fingerprint density at radius 3 is 2.54 bits per heavy atom. The number of hydrogen-bond acceptors (Lipinski definition) is 6. The first kappa shape index (κ1) is 23.1.